The molecule has 25 heavy (non-hydrogen) atoms. The zero-order valence-electron chi connectivity index (χ0n) is 14.0. The number of ketones is 1. The van der Waals surface area contributed by atoms with Crippen LogP contribution in [0, 0.1) is 0 Å². The summed E-state index contributed by atoms with van der Waals surface area (Å²) in [6.07, 6.45) is 0.0732. The fourth-order valence-electron chi connectivity index (χ4n) is 2.99. The van der Waals surface area contributed by atoms with Crippen LogP contribution in [0.25, 0.3) is 11.0 Å². The second-order valence-corrected chi connectivity index (χ2v) is 5.88. The SMILES string of the molecule is COc1cccc([C@@H](CC(C)=O)c2c(O)c3ccccc3oc2=O)c1. The number of para-hydroxylation sites is 1. The van der Waals surface area contributed by atoms with E-state index in [1.54, 1.807) is 55.6 Å². The third-order valence-electron chi connectivity index (χ3n) is 4.16. The third kappa shape index (κ3) is 3.26. The Morgan fingerprint density at radius 1 is 1.20 bits per heavy atom. The molecule has 5 nitrogen and oxygen atoms in total. The van der Waals surface area contributed by atoms with Gasteiger partial charge in [-0.25, -0.2) is 4.79 Å². The van der Waals surface area contributed by atoms with Crippen molar-refractivity contribution < 1.29 is 19.1 Å². The van der Waals surface area contributed by atoms with Crippen LogP contribution in [-0.4, -0.2) is 18.0 Å². The van der Waals surface area contributed by atoms with Crippen LogP contribution in [0.15, 0.2) is 57.7 Å². The minimum atomic E-state index is -0.648. The van der Waals surface area contributed by atoms with Gasteiger partial charge in [0, 0.05) is 12.3 Å². The number of carbonyl (C=O) groups is 1. The Balaban J connectivity index is 2.25. The Kier molecular flexibility index (Phi) is 4.57. The average Bonchev–Trinajstić information content (AvgIpc) is 2.60. The van der Waals surface area contributed by atoms with Crippen LogP contribution in [0.4, 0.5) is 0 Å². The highest BCUT2D eigenvalue weighted by molar-refractivity contribution is 5.85. The Morgan fingerprint density at radius 3 is 2.68 bits per heavy atom. The fourth-order valence-corrected chi connectivity index (χ4v) is 2.99. The van der Waals surface area contributed by atoms with E-state index in [9.17, 15) is 14.7 Å². The quantitative estimate of drug-likeness (QED) is 0.719. The molecule has 0 aliphatic carbocycles. The first-order valence-electron chi connectivity index (χ1n) is 7.89. The number of ether oxygens (including phenoxy) is 1. The highest BCUT2D eigenvalue weighted by Gasteiger charge is 2.26. The van der Waals surface area contributed by atoms with Gasteiger partial charge in [-0.05, 0) is 36.8 Å². The molecule has 128 valence electrons. The Labute approximate surface area is 144 Å². The van der Waals surface area contributed by atoms with Crippen LogP contribution >= 0.6 is 0 Å². The Hall–Kier alpha value is -3.08. The molecule has 3 aromatic rings. The van der Waals surface area contributed by atoms with Gasteiger partial charge in [-0.3, -0.25) is 4.79 Å². The van der Waals surface area contributed by atoms with Crippen molar-refractivity contribution in [2.75, 3.05) is 7.11 Å². The first kappa shape index (κ1) is 16.8. The summed E-state index contributed by atoms with van der Waals surface area (Å²) in [6.45, 7) is 1.45. The smallest absolute Gasteiger partial charge is 0.343 e. The van der Waals surface area contributed by atoms with Crippen LogP contribution in [0.3, 0.4) is 0 Å². The predicted molar refractivity (Wildman–Crippen MR) is 94.3 cm³/mol. The van der Waals surface area contributed by atoms with Crippen LogP contribution < -0.4 is 10.4 Å². The Bertz CT molecular complexity index is 987. The van der Waals surface area contributed by atoms with Gasteiger partial charge in [0.25, 0.3) is 0 Å². The van der Waals surface area contributed by atoms with Gasteiger partial charge in [0.2, 0.25) is 0 Å². The molecule has 1 N–H and O–H groups in total. The standard InChI is InChI=1S/C20H18O5/c1-12(21)10-16(13-6-5-7-14(11-13)24-2)18-19(22)15-8-3-4-9-17(15)25-20(18)23/h3-9,11,16,22H,10H2,1-2H3/t16-/m1/s1. The first-order chi connectivity index (χ1) is 12.0. The molecule has 5 heteroatoms. The lowest BCUT2D eigenvalue weighted by Gasteiger charge is -2.18. The zero-order valence-corrected chi connectivity index (χ0v) is 14.0. The van der Waals surface area contributed by atoms with Gasteiger partial charge in [0.15, 0.2) is 0 Å². The van der Waals surface area contributed by atoms with Crippen LogP contribution in [-0.2, 0) is 4.79 Å². The molecular formula is C20H18O5. The topological polar surface area (TPSA) is 76.7 Å². The van der Waals surface area contributed by atoms with E-state index in [4.69, 9.17) is 9.15 Å². The van der Waals surface area contributed by atoms with Gasteiger partial charge in [-0.1, -0.05) is 24.3 Å². The molecule has 1 heterocycles. The summed E-state index contributed by atoms with van der Waals surface area (Å²) in [6, 6.07) is 13.9. The maximum absolute atomic E-state index is 12.5. The monoisotopic (exact) mass is 338 g/mol. The molecule has 1 aromatic heterocycles. The number of hydrogen-bond donors (Lipinski definition) is 1. The molecule has 0 spiro atoms. The van der Waals surface area contributed by atoms with Crippen LogP contribution in [0.5, 0.6) is 11.5 Å². The normalized spacial score (nSPS) is 12.1. The Morgan fingerprint density at radius 2 is 1.96 bits per heavy atom. The van der Waals surface area contributed by atoms with Gasteiger partial charge in [-0.15, -0.1) is 0 Å². The molecule has 1 atom stereocenters. The number of rotatable bonds is 5. The number of Topliss-reactive ketones (excluding diaryl/α,β-unsaturated/α-hetero) is 1. The predicted octanol–water partition coefficient (Wildman–Crippen LogP) is 3.62. The molecule has 0 fully saturated rings. The lowest BCUT2D eigenvalue weighted by Crippen LogP contribution is -2.16. The number of hydrogen-bond acceptors (Lipinski definition) is 5. The van der Waals surface area contributed by atoms with E-state index >= 15 is 0 Å². The molecule has 0 radical (unpaired) electrons. The van der Waals surface area contributed by atoms with Gasteiger partial charge >= 0.3 is 5.63 Å². The molecule has 0 aliphatic rings. The first-order valence-corrected chi connectivity index (χ1v) is 7.89. The summed E-state index contributed by atoms with van der Waals surface area (Å²) in [5.41, 5.74) is 0.445. The van der Waals surface area contributed by atoms with Crippen molar-refractivity contribution in [1.29, 1.82) is 0 Å². The van der Waals surface area contributed by atoms with Crippen molar-refractivity contribution in [2.45, 2.75) is 19.3 Å². The van der Waals surface area contributed by atoms with E-state index in [0.29, 0.717) is 22.3 Å². The largest absolute Gasteiger partial charge is 0.507 e. The van der Waals surface area contributed by atoms with Gasteiger partial charge in [0.1, 0.15) is 22.9 Å². The maximum Gasteiger partial charge on any atom is 0.343 e. The zero-order chi connectivity index (χ0) is 18.0. The number of carbonyl (C=O) groups excluding carboxylic acids is 1. The van der Waals surface area contributed by atoms with Crippen molar-refractivity contribution in [3.8, 4) is 11.5 Å². The molecule has 3 rings (SSSR count). The number of methoxy groups -OCH3 is 1. The molecule has 0 bridgehead atoms. The highest BCUT2D eigenvalue weighted by atomic mass is 16.5. The molecule has 0 saturated carbocycles. The highest BCUT2D eigenvalue weighted by Crippen LogP contribution is 2.36. The summed E-state index contributed by atoms with van der Waals surface area (Å²) in [4.78, 5) is 24.3. The van der Waals surface area contributed by atoms with Crippen molar-refractivity contribution in [3.63, 3.8) is 0 Å². The van der Waals surface area contributed by atoms with Gasteiger partial charge < -0.3 is 14.3 Å². The van der Waals surface area contributed by atoms with Crippen molar-refractivity contribution in [1.82, 2.24) is 0 Å². The average molecular weight is 338 g/mol. The second kappa shape index (κ2) is 6.81. The summed E-state index contributed by atoms with van der Waals surface area (Å²) < 4.78 is 10.6. The number of fused-ring (bicyclic) bond motifs is 1. The minimum absolute atomic E-state index is 0.0732. The lowest BCUT2D eigenvalue weighted by atomic mass is 9.87. The summed E-state index contributed by atoms with van der Waals surface area (Å²) in [7, 11) is 1.54. The van der Waals surface area contributed by atoms with E-state index in [1.807, 2.05) is 0 Å². The molecule has 2 aromatic carbocycles. The molecule has 0 unspecified atom stereocenters. The molecule has 0 saturated heterocycles. The van der Waals surface area contributed by atoms with Crippen molar-refractivity contribution >= 4 is 16.8 Å². The van der Waals surface area contributed by atoms with E-state index in [1.165, 1.54) is 6.92 Å². The van der Waals surface area contributed by atoms with Gasteiger partial charge in [0.05, 0.1) is 18.1 Å². The van der Waals surface area contributed by atoms with Gasteiger partial charge in [-0.2, -0.15) is 0 Å². The second-order valence-electron chi connectivity index (χ2n) is 5.88. The fraction of sp³-hybridized carbons (Fsp3) is 0.200. The lowest BCUT2D eigenvalue weighted by molar-refractivity contribution is -0.117. The van der Waals surface area contributed by atoms with E-state index in [2.05, 4.69) is 0 Å². The maximum atomic E-state index is 12.5. The molecule has 0 aliphatic heterocycles. The van der Waals surface area contributed by atoms with E-state index in [0.717, 1.165) is 0 Å². The third-order valence-corrected chi connectivity index (χ3v) is 4.16. The van der Waals surface area contributed by atoms with Crippen LogP contribution in [0.1, 0.15) is 30.4 Å². The van der Waals surface area contributed by atoms with E-state index < -0.39 is 11.5 Å². The minimum Gasteiger partial charge on any atom is -0.507 e. The van der Waals surface area contributed by atoms with Crippen LogP contribution in [0.2, 0.25) is 0 Å². The summed E-state index contributed by atoms with van der Waals surface area (Å²) >= 11 is 0. The number of aromatic hydroxyl groups is 1. The number of benzene rings is 2. The van der Waals surface area contributed by atoms with Crippen molar-refractivity contribution in [2.24, 2.45) is 0 Å². The molecule has 0 amide bonds. The van der Waals surface area contributed by atoms with Crippen molar-refractivity contribution in [3.05, 3.63) is 70.1 Å². The van der Waals surface area contributed by atoms with E-state index in [-0.39, 0.29) is 23.5 Å². The molecular weight excluding hydrogens is 320 g/mol. The summed E-state index contributed by atoms with van der Waals surface area (Å²) in [5.74, 6) is -0.259. The summed E-state index contributed by atoms with van der Waals surface area (Å²) in [5, 5.41) is 11.1.